The van der Waals surface area contributed by atoms with Crippen LogP contribution in [0.3, 0.4) is 0 Å². The number of hydrogen-bond donors (Lipinski definition) is 8. The molecule has 2 aliphatic rings. The number of azide groups is 1. The Morgan fingerprint density at radius 3 is 2.05 bits per heavy atom. The van der Waals surface area contributed by atoms with Crippen LogP contribution in [0.25, 0.3) is 10.4 Å². The van der Waals surface area contributed by atoms with Crippen LogP contribution in [0.4, 0.5) is 5.82 Å². The van der Waals surface area contributed by atoms with Crippen molar-refractivity contribution in [1.82, 2.24) is 19.1 Å². The minimum atomic E-state index is -1.17. The molecule has 338 valence electrons. The number of nitrogens with zero attached hydrogens (tertiary/aromatic N) is 6. The first kappa shape index (κ1) is 53.2. The Kier molecular flexibility index (Phi) is 26.9. The van der Waals surface area contributed by atoms with Gasteiger partial charge in [-0.2, -0.15) is 4.98 Å². The lowest BCUT2D eigenvalue weighted by atomic mass is 10.1. The zero-order valence-corrected chi connectivity index (χ0v) is 35.0. The summed E-state index contributed by atoms with van der Waals surface area (Å²) in [5, 5.41) is 46.3. The number of hydrogen-bond acceptors (Lipinski definition) is 15. The van der Waals surface area contributed by atoms with Gasteiger partial charge in [-0.1, -0.05) is 76.2 Å². The number of aromatic amines is 1. The van der Waals surface area contributed by atoms with E-state index >= 15 is 0 Å². The average molecular weight is 872 g/mol. The van der Waals surface area contributed by atoms with E-state index in [1.54, 1.807) is 19.2 Å². The van der Waals surface area contributed by atoms with Crippen molar-refractivity contribution in [1.29, 1.82) is 0 Å². The van der Waals surface area contributed by atoms with Crippen LogP contribution in [0.2, 0.25) is 0 Å². The van der Waals surface area contributed by atoms with Crippen LogP contribution in [0, 0.1) is 6.92 Å². The van der Waals surface area contributed by atoms with Crippen molar-refractivity contribution in [2.24, 2.45) is 10.8 Å². The number of nitrogens with one attached hydrogen (secondary N) is 1. The number of rotatable bonds is 21. The molecule has 0 radical (unpaired) electrons. The lowest BCUT2D eigenvalue weighted by molar-refractivity contribution is -0.140. The molecule has 2 saturated heterocycles. The number of thioether (sulfide) groups is 1. The number of aryl methyl sites for hydroxylation is 1. The monoisotopic (exact) mass is 871 g/mol. The molecule has 0 aliphatic carbocycles. The fraction of sp³-hybridized carbons (Fsp3) is 0.703. The summed E-state index contributed by atoms with van der Waals surface area (Å²) in [7, 11) is 0. The van der Waals surface area contributed by atoms with E-state index in [4.69, 9.17) is 52.0 Å². The minimum absolute atomic E-state index is 0.0231. The van der Waals surface area contributed by atoms with Gasteiger partial charge in [0.1, 0.15) is 29.8 Å². The molecule has 6 atom stereocenters. The maximum Gasteiger partial charge on any atom is 0.351 e. The number of carboxylic acid groups (broad SMARTS) is 3. The summed E-state index contributed by atoms with van der Waals surface area (Å²) >= 11 is 1.47. The van der Waals surface area contributed by atoms with Crippen molar-refractivity contribution < 1.29 is 49.4 Å². The van der Waals surface area contributed by atoms with Crippen molar-refractivity contribution in [3.63, 3.8) is 0 Å². The average Bonchev–Trinajstić information content (AvgIpc) is 3.85. The SMILES string of the molecule is CCCCCCCCCCCCCC(=O)O.Cc1cn([C@H]2C[C@H](N=[N+]=[N-])[C@@H](CO)O2)c(=O)[nH]c1=O.NC(CCC(=O)O)C(=O)O.Nc1ccn([C@@H]2CS[C@H](CO)O2)c(=O)n1. The highest BCUT2D eigenvalue weighted by Crippen LogP contribution is 2.31. The third-order valence-electron chi connectivity index (χ3n) is 9.07. The predicted molar refractivity (Wildman–Crippen MR) is 222 cm³/mol. The molecule has 0 spiro atoms. The second-order valence-electron chi connectivity index (χ2n) is 13.9. The highest BCUT2D eigenvalue weighted by atomic mass is 32.2. The fourth-order valence-corrected chi connectivity index (χ4v) is 6.64. The number of anilines is 1. The number of H-pyrrole nitrogens is 1. The third-order valence-corrected chi connectivity index (χ3v) is 10.2. The quantitative estimate of drug-likeness (QED) is 0.0386. The van der Waals surface area contributed by atoms with Crippen LogP contribution >= 0.6 is 11.8 Å². The highest BCUT2D eigenvalue weighted by molar-refractivity contribution is 8.00. The first-order valence-corrected chi connectivity index (χ1v) is 20.9. The van der Waals surface area contributed by atoms with Crippen LogP contribution < -0.4 is 28.4 Å². The molecule has 10 N–H and O–H groups in total. The molecule has 4 heterocycles. The van der Waals surface area contributed by atoms with Gasteiger partial charge in [0, 0.05) is 47.9 Å². The number of carboxylic acids is 3. The molecule has 1 unspecified atom stereocenters. The fourth-order valence-electron chi connectivity index (χ4n) is 5.71. The summed E-state index contributed by atoms with van der Waals surface area (Å²) in [4.78, 5) is 73.0. The summed E-state index contributed by atoms with van der Waals surface area (Å²) in [5.74, 6) is -2.04. The van der Waals surface area contributed by atoms with Crippen molar-refractivity contribution in [2.45, 2.75) is 146 Å². The Bertz CT molecular complexity index is 1820. The number of carbonyl (C=O) groups is 3. The van der Waals surface area contributed by atoms with Crippen LogP contribution in [0.15, 0.2) is 38.0 Å². The topological polar surface area (TPSA) is 361 Å². The first-order chi connectivity index (χ1) is 28.6. The van der Waals surface area contributed by atoms with Crippen molar-refractivity contribution in [3.05, 3.63) is 65.8 Å². The van der Waals surface area contributed by atoms with E-state index in [-0.39, 0.29) is 50.0 Å². The maximum absolute atomic E-state index is 11.7. The maximum atomic E-state index is 11.7. The van der Waals surface area contributed by atoms with Crippen LogP contribution in [0.1, 0.15) is 121 Å². The molecular formula is C37H61N9O13S. The molecule has 4 rings (SSSR count). The summed E-state index contributed by atoms with van der Waals surface area (Å²) in [6.07, 6.45) is 15.6. The van der Waals surface area contributed by atoms with Gasteiger partial charge < -0.3 is 46.5 Å². The number of aromatic nitrogens is 4. The van der Waals surface area contributed by atoms with E-state index in [0.29, 0.717) is 17.7 Å². The van der Waals surface area contributed by atoms with Crippen molar-refractivity contribution in [2.75, 3.05) is 24.7 Å². The van der Waals surface area contributed by atoms with Crippen LogP contribution in [-0.2, 0) is 23.9 Å². The molecule has 0 amide bonds. The van der Waals surface area contributed by atoms with Gasteiger partial charge in [0.05, 0.1) is 25.4 Å². The number of unbranched alkanes of at least 4 members (excludes halogenated alkanes) is 10. The Morgan fingerprint density at radius 1 is 0.950 bits per heavy atom. The Balaban J connectivity index is 0.000000409. The lowest BCUT2D eigenvalue weighted by Crippen LogP contribution is -2.33. The lowest BCUT2D eigenvalue weighted by Gasteiger charge is -2.14. The van der Waals surface area contributed by atoms with Crippen LogP contribution in [0.5, 0.6) is 0 Å². The number of aliphatic hydroxyl groups is 2. The number of aliphatic carboxylic acids is 3. The predicted octanol–water partition coefficient (Wildman–Crippen LogP) is 3.24. The van der Waals surface area contributed by atoms with Gasteiger partial charge in [0.2, 0.25) is 0 Å². The zero-order chi connectivity index (χ0) is 45.0. The largest absolute Gasteiger partial charge is 0.481 e. The second kappa shape index (κ2) is 30.3. The second-order valence-corrected chi connectivity index (χ2v) is 15.1. The first-order valence-electron chi connectivity index (χ1n) is 19.8. The smallest absolute Gasteiger partial charge is 0.351 e. The van der Waals surface area contributed by atoms with E-state index in [0.717, 1.165) is 12.8 Å². The number of aliphatic hydroxyl groups excluding tert-OH is 2. The molecular weight excluding hydrogens is 811 g/mol. The summed E-state index contributed by atoms with van der Waals surface area (Å²) in [6, 6.07) is -0.0583. The van der Waals surface area contributed by atoms with E-state index in [1.807, 2.05) is 0 Å². The van der Waals surface area contributed by atoms with Crippen LogP contribution in [-0.4, -0.2) is 105 Å². The Hall–Kier alpha value is -4.77. The Labute approximate surface area is 350 Å². The summed E-state index contributed by atoms with van der Waals surface area (Å²) in [5.41, 5.74) is 17.4. The van der Waals surface area contributed by atoms with Gasteiger partial charge in [-0.15, -0.1) is 11.8 Å². The zero-order valence-electron chi connectivity index (χ0n) is 34.2. The molecule has 0 aromatic carbocycles. The normalized spacial score (nSPS) is 19.6. The summed E-state index contributed by atoms with van der Waals surface area (Å²) < 4.78 is 13.5. The molecule has 2 aromatic rings. The van der Waals surface area contributed by atoms with E-state index in [2.05, 4.69) is 26.9 Å². The van der Waals surface area contributed by atoms with Gasteiger partial charge in [-0.3, -0.25) is 33.3 Å². The minimum Gasteiger partial charge on any atom is -0.481 e. The third kappa shape index (κ3) is 21.5. The van der Waals surface area contributed by atoms with Gasteiger partial charge in [-0.05, 0) is 31.4 Å². The molecule has 2 fully saturated rings. The van der Waals surface area contributed by atoms with Gasteiger partial charge in [0.25, 0.3) is 5.56 Å². The molecule has 2 aliphatic heterocycles. The van der Waals surface area contributed by atoms with E-state index in [9.17, 15) is 28.8 Å². The number of nitrogen functional groups attached to an aromatic ring is 1. The number of nitrogens with two attached hydrogens (primary N) is 2. The standard InChI is InChI=1S/C14H28O2.C10H13N5O4.C8H11N3O3S.C5H9NO4/c1-2-3-4-5-6-7-8-9-10-11-12-13-14(15)16;1-5-3-15(10(18)12-9(5)17)8-2-6(13-14-11)7(4-16)19-8;9-5-1-2-11(8(13)10-5)6-4-15-7(3-12)14-6;6-3(5(9)10)1-2-4(7)8/h2-13H2,1H3,(H,15,16);3,6-8,16H,2,4H2,1H3,(H,12,17,18);1-2,6-7,12H,3-4H2,(H2,9,10,13);3H,1-2,6H2,(H,7,8)(H,9,10)/t;6-,7+,8+;6-,7+;/m.00./s1. The molecule has 0 saturated carbocycles. The molecule has 22 nitrogen and oxygen atoms in total. The van der Waals surface area contributed by atoms with Gasteiger partial charge in [-0.25, -0.2) is 9.59 Å². The molecule has 0 bridgehead atoms. The molecule has 60 heavy (non-hydrogen) atoms. The van der Waals surface area contributed by atoms with E-state index in [1.165, 1.54) is 84.9 Å². The molecule has 23 heteroatoms. The van der Waals surface area contributed by atoms with Crippen molar-refractivity contribution in [3.8, 4) is 0 Å². The van der Waals surface area contributed by atoms with Crippen molar-refractivity contribution >= 4 is 35.5 Å². The van der Waals surface area contributed by atoms with Gasteiger partial charge in [0.15, 0.2) is 0 Å². The number of ether oxygens (including phenoxy) is 2. The Morgan fingerprint density at radius 2 is 1.55 bits per heavy atom. The summed E-state index contributed by atoms with van der Waals surface area (Å²) in [6.45, 7) is 3.45. The van der Waals surface area contributed by atoms with E-state index < -0.39 is 59.3 Å². The highest BCUT2D eigenvalue weighted by Gasteiger charge is 2.35. The molecule has 2 aromatic heterocycles. The van der Waals surface area contributed by atoms with Gasteiger partial charge >= 0.3 is 29.3 Å².